The molecule has 0 aliphatic carbocycles. The number of nitrogens with two attached hydrogens (primary N) is 1. The fraction of sp³-hybridized carbons (Fsp3) is 0.125. The van der Waals surface area contributed by atoms with E-state index in [1.54, 1.807) is 5.32 Å². The van der Waals surface area contributed by atoms with Gasteiger partial charge in [-0.3, -0.25) is 4.79 Å². The Morgan fingerprint density at radius 3 is 2.06 bits per heavy atom. The number of halogens is 5. The Kier molecular flexibility index (Phi) is 3.84. The number of nitrogen functional groups attached to an aromatic ring is 1. The molecule has 8 heteroatoms. The molecular formula is C8H5Br2F3N2O. The van der Waals surface area contributed by atoms with Crippen LogP contribution < -0.4 is 11.1 Å². The standard InChI is InChI=1S/C8H5Br2F3N2O/c9-4-1-3(14)2-5(10)6(4)15-7(16)8(11,12)13/h1-2H,14H2,(H,15,16). The van der Waals surface area contributed by atoms with Gasteiger partial charge in [0.1, 0.15) is 0 Å². The van der Waals surface area contributed by atoms with Crippen LogP contribution in [0.25, 0.3) is 0 Å². The van der Waals surface area contributed by atoms with Crippen LogP contribution in [-0.4, -0.2) is 12.1 Å². The van der Waals surface area contributed by atoms with Gasteiger partial charge in [0.15, 0.2) is 0 Å². The number of carbonyl (C=O) groups is 1. The number of rotatable bonds is 1. The highest BCUT2D eigenvalue weighted by molar-refractivity contribution is 9.11. The molecule has 0 saturated carbocycles. The number of anilines is 2. The van der Waals surface area contributed by atoms with Crippen LogP contribution in [0.5, 0.6) is 0 Å². The molecule has 0 unspecified atom stereocenters. The summed E-state index contributed by atoms with van der Waals surface area (Å²) in [6.07, 6.45) is -4.93. The molecule has 0 heterocycles. The van der Waals surface area contributed by atoms with Crippen molar-refractivity contribution in [1.82, 2.24) is 0 Å². The first-order valence-corrected chi connectivity index (χ1v) is 5.43. The molecule has 0 aliphatic heterocycles. The Balaban J connectivity index is 3.03. The predicted octanol–water partition coefficient (Wildman–Crippen LogP) is 3.29. The average molecular weight is 362 g/mol. The Morgan fingerprint density at radius 2 is 1.69 bits per heavy atom. The summed E-state index contributed by atoms with van der Waals surface area (Å²) in [5, 5.41) is 1.73. The van der Waals surface area contributed by atoms with E-state index in [1.807, 2.05) is 0 Å². The Hall–Kier alpha value is -0.760. The van der Waals surface area contributed by atoms with E-state index in [1.165, 1.54) is 12.1 Å². The fourth-order valence-corrected chi connectivity index (χ4v) is 2.32. The van der Waals surface area contributed by atoms with Gasteiger partial charge in [-0.2, -0.15) is 13.2 Å². The first kappa shape index (κ1) is 13.3. The summed E-state index contributed by atoms with van der Waals surface area (Å²) in [4.78, 5) is 10.7. The second-order valence-corrected chi connectivity index (χ2v) is 4.52. The second-order valence-electron chi connectivity index (χ2n) is 2.81. The van der Waals surface area contributed by atoms with Gasteiger partial charge in [0.05, 0.1) is 5.69 Å². The number of nitrogens with one attached hydrogen (secondary N) is 1. The minimum atomic E-state index is -4.93. The summed E-state index contributed by atoms with van der Waals surface area (Å²) in [5.41, 5.74) is 5.78. The van der Waals surface area contributed by atoms with Gasteiger partial charge in [-0.25, -0.2) is 0 Å². The Morgan fingerprint density at radius 1 is 1.25 bits per heavy atom. The number of alkyl halides is 3. The number of hydrogen-bond donors (Lipinski definition) is 2. The molecule has 1 aromatic rings. The van der Waals surface area contributed by atoms with Gasteiger partial charge in [-0.15, -0.1) is 0 Å². The average Bonchev–Trinajstić information content (AvgIpc) is 2.08. The topological polar surface area (TPSA) is 55.1 Å². The van der Waals surface area contributed by atoms with Crippen molar-refractivity contribution in [2.75, 3.05) is 11.1 Å². The van der Waals surface area contributed by atoms with E-state index in [2.05, 4.69) is 31.9 Å². The molecule has 3 N–H and O–H groups in total. The third-order valence-corrected chi connectivity index (χ3v) is 2.81. The lowest BCUT2D eigenvalue weighted by Gasteiger charge is -2.11. The zero-order valence-corrected chi connectivity index (χ0v) is 10.7. The predicted molar refractivity (Wildman–Crippen MR) is 60.9 cm³/mol. The first-order chi connectivity index (χ1) is 7.21. The molecule has 0 saturated heterocycles. The molecule has 3 nitrogen and oxygen atoms in total. The van der Waals surface area contributed by atoms with Crippen molar-refractivity contribution in [1.29, 1.82) is 0 Å². The molecule has 0 bridgehead atoms. The third kappa shape index (κ3) is 3.11. The summed E-state index contributed by atoms with van der Waals surface area (Å²) in [5.74, 6) is -2.04. The Labute approximate surface area is 105 Å². The van der Waals surface area contributed by atoms with Crippen LogP contribution in [0, 0.1) is 0 Å². The van der Waals surface area contributed by atoms with Gasteiger partial charge in [-0.05, 0) is 44.0 Å². The lowest BCUT2D eigenvalue weighted by atomic mass is 10.3. The van der Waals surface area contributed by atoms with Crippen molar-refractivity contribution in [3.63, 3.8) is 0 Å². The third-order valence-electron chi connectivity index (χ3n) is 1.56. The smallest absolute Gasteiger partial charge is 0.399 e. The van der Waals surface area contributed by atoms with Crippen molar-refractivity contribution >= 4 is 49.1 Å². The van der Waals surface area contributed by atoms with Gasteiger partial charge in [0.25, 0.3) is 0 Å². The van der Waals surface area contributed by atoms with Crippen LogP contribution in [0.4, 0.5) is 24.5 Å². The molecule has 0 spiro atoms. The highest BCUT2D eigenvalue weighted by Gasteiger charge is 2.39. The molecule has 0 atom stereocenters. The molecule has 1 aromatic carbocycles. The lowest BCUT2D eigenvalue weighted by Crippen LogP contribution is -2.30. The summed E-state index contributed by atoms with van der Waals surface area (Å²) in [7, 11) is 0. The number of benzene rings is 1. The maximum absolute atomic E-state index is 12.0. The minimum Gasteiger partial charge on any atom is -0.399 e. The van der Waals surface area contributed by atoms with E-state index in [-0.39, 0.29) is 14.6 Å². The molecule has 0 radical (unpaired) electrons. The van der Waals surface area contributed by atoms with Crippen LogP contribution in [0.2, 0.25) is 0 Å². The van der Waals surface area contributed by atoms with Crippen LogP contribution in [0.3, 0.4) is 0 Å². The van der Waals surface area contributed by atoms with Crippen molar-refractivity contribution in [2.45, 2.75) is 6.18 Å². The van der Waals surface area contributed by atoms with Gasteiger partial charge in [-0.1, -0.05) is 0 Å². The van der Waals surface area contributed by atoms with Crippen LogP contribution in [0.15, 0.2) is 21.1 Å². The SMILES string of the molecule is Nc1cc(Br)c(NC(=O)C(F)(F)F)c(Br)c1. The monoisotopic (exact) mass is 360 g/mol. The van der Waals surface area contributed by atoms with Gasteiger partial charge in [0.2, 0.25) is 0 Å². The number of hydrogen-bond acceptors (Lipinski definition) is 2. The van der Waals surface area contributed by atoms with E-state index < -0.39 is 12.1 Å². The van der Waals surface area contributed by atoms with E-state index in [0.29, 0.717) is 5.69 Å². The van der Waals surface area contributed by atoms with E-state index >= 15 is 0 Å². The van der Waals surface area contributed by atoms with Crippen molar-refractivity contribution in [2.24, 2.45) is 0 Å². The molecule has 0 fully saturated rings. The second kappa shape index (κ2) is 4.62. The summed E-state index contributed by atoms with van der Waals surface area (Å²) < 4.78 is 36.6. The fourth-order valence-electron chi connectivity index (χ4n) is 0.897. The molecule has 0 aromatic heterocycles. The van der Waals surface area contributed by atoms with E-state index in [9.17, 15) is 18.0 Å². The summed E-state index contributed by atoms with van der Waals surface area (Å²) in [6, 6.07) is 2.77. The lowest BCUT2D eigenvalue weighted by molar-refractivity contribution is -0.167. The highest BCUT2D eigenvalue weighted by Crippen LogP contribution is 2.34. The first-order valence-electron chi connectivity index (χ1n) is 3.84. The quantitative estimate of drug-likeness (QED) is 0.754. The van der Waals surface area contributed by atoms with Gasteiger partial charge in [0, 0.05) is 14.6 Å². The molecular weight excluding hydrogens is 357 g/mol. The zero-order chi connectivity index (χ0) is 12.5. The highest BCUT2D eigenvalue weighted by atomic mass is 79.9. The van der Waals surface area contributed by atoms with Crippen molar-refractivity contribution < 1.29 is 18.0 Å². The van der Waals surface area contributed by atoms with Crippen molar-refractivity contribution in [3.8, 4) is 0 Å². The number of carbonyl (C=O) groups excluding carboxylic acids is 1. The molecule has 1 amide bonds. The molecule has 1 rings (SSSR count). The van der Waals surface area contributed by atoms with Gasteiger partial charge < -0.3 is 11.1 Å². The molecule has 88 valence electrons. The maximum Gasteiger partial charge on any atom is 0.471 e. The minimum absolute atomic E-state index is 0.0171. The van der Waals surface area contributed by atoms with E-state index in [4.69, 9.17) is 5.73 Å². The maximum atomic E-state index is 12.0. The van der Waals surface area contributed by atoms with Crippen LogP contribution in [-0.2, 0) is 4.79 Å². The van der Waals surface area contributed by atoms with Crippen LogP contribution in [0.1, 0.15) is 0 Å². The number of amides is 1. The zero-order valence-electron chi connectivity index (χ0n) is 7.53. The van der Waals surface area contributed by atoms with E-state index in [0.717, 1.165) is 0 Å². The normalized spacial score (nSPS) is 11.3. The molecule has 16 heavy (non-hydrogen) atoms. The molecule has 0 aliphatic rings. The summed E-state index contributed by atoms with van der Waals surface area (Å²) >= 11 is 6.00. The Bertz CT molecular complexity index is 411. The van der Waals surface area contributed by atoms with Gasteiger partial charge >= 0.3 is 12.1 Å². The largest absolute Gasteiger partial charge is 0.471 e. The van der Waals surface area contributed by atoms with Crippen molar-refractivity contribution in [3.05, 3.63) is 21.1 Å². The summed E-state index contributed by atoms with van der Waals surface area (Å²) in [6.45, 7) is 0. The van der Waals surface area contributed by atoms with Crippen LogP contribution >= 0.6 is 31.9 Å².